The average Bonchev–Trinajstić information content (AvgIpc) is 2.61. The Morgan fingerprint density at radius 2 is 2.04 bits per heavy atom. The zero-order valence-electron chi connectivity index (χ0n) is 13.7. The Bertz CT molecular complexity index is 518. The van der Waals surface area contributed by atoms with E-state index in [1.807, 2.05) is 36.3 Å². The summed E-state index contributed by atoms with van der Waals surface area (Å²) in [7, 11) is 0. The van der Waals surface area contributed by atoms with Crippen molar-refractivity contribution in [3.63, 3.8) is 0 Å². The fourth-order valence-corrected chi connectivity index (χ4v) is 2.72. The van der Waals surface area contributed by atoms with E-state index >= 15 is 0 Å². The number of anilines is 1. The van der Waals surface area contributed by atoms with Crippen molar-refractivity contribution in [2.45, 2.75) is 18.6 Å². The summed E-state index contributed by atoms with van der Waals surface area (Å²) in [5.74, 6) is 1.05. The Morgan fingerprint density at radius 1 is 1.30 bits per heavy atom. The smallest absolute Gasteiger partial charge is 0.232 e. The SMILES string of the molecule is CS[C@H](C)C(=O)NCCC(=O)N1CCN(c2ccccn2)CC1. The summed E-state index contributed by atoms with van der Waals surface area (Å²) in [6, 6.07) is 5.85. The summed E-state index contributed by atoms with van der Waals surface area (Å²) in [5, 5.41) is 2.73. The highest BCUT2D eigenvalue weighted by Crippen LogP contribution is 2.13. The highest BCUT2D eigenvalue weighted by atomic mass is 32.2. The first-order valence-corrected chi connectivity index (χ1v) is 9.15. The number of amides is 2. The first-order valence-electron chi connectivity index (χ1n) is 7.86. The molecule has 1 aromatic rings. The monoisotopic (exact) mass is 336 g/mol. The number of hydrogen-bond donors (Lipinski definition) is 1. The molecule has 1 aliphatic heterocycles. The lowest BCUT2D eigenvalue weighted by molar-refractivity contribution is -0.131. The van der Waals surface area contributed by atoms with E-state index in [9.17, 15) is 9.59 Å². The van der Waals surface area contributed by atoms with Crippen LogP contribution in [0.4, 0.5) is 5.82 Å². The van der Waals surface area contributed by atoms with Gasteiger partial charge in [0.2, 0.25) is 11.8 Å². The van der Waals surface area contributed by atoms with E-state index in [2.05, 4.69) is 15.2 Å². The Balaban J connectivity index is 1.70. The lowest BCUT2D eigenvalue weighted by atomic mass is 10.2. The Kier molecular flexibility index (Phi) is 6.70. The molecule has 6 nitrogen and oxygen atoms in total. The van der Waals surface area contributed by atoms with Crippen molar-refractivity contribution in [1.29, 1.82) is 0 Å². The second kappa shape index (κ2) is 8.76. The van der Waals surface area contributed by atoms with Gasteiger partial charge >= 0.3 is 0 Å². The molecule has 126 valence electrons. The highest BCUT2D eigenvalue weighted by Gasteiger charge is 2.21. The molecule has 0 bridgehead atoms. The van der Waals surface area contributed by atoms with Crippen molar-refractivity contribution in [3.8, 4) is 0 Å². The largest absolute Gasteiger partial charge is 0.355 e. The molecule has 0 saturated carbocycles. The van der Waals surface area contributed by atoms with Crippen LogP contribution in [0.1, 0.15) is 13.3 Å². The molecule has 7 heteroatoms. The third-order valence-electron chi connectivity index (χ3n) is 3.97. The van der Waals surface area contributed by atoms with Crippen LogP contribution in [0, 0.1) is 0 Å². The summed E-state index contributed by atoms with van der Waals surface area (Å²) < 4.78 is 0. The van der Waals surface area contributed by atoms with E-state index in [-0.39, 0.29) is 17.1 Å². The molecule has 1 N–H and O–H groups in total. The van der Waals surface area contributed by atoms with Gasteiger partial charge in [0.25, 0.3) is 0 Å². The molecular formula is C16H24N4O2S. The van der Waals surface area contributed by atoms with E-state index in [4.69, 9.17) is 0 Å². The molecule has 0 radical (unpaired) electrons. The zero-order chi connectivity index (χ0) is 16.7. The summed E-state index contributed by atoms with van der Waals surface area (Å²) >= 11 is 1.50. The van der Waals surface area contributed by atoms with Crippen molar-refractivity contribution >= 4 is 29.4 Å². The first kappa shape index (κ1) is 17.6. The minimum Gasteiger partial charge on any atom is -0.355 e. The number of pyridine rings is 1. The number of carbonyl (C=O) groups is 2. The molecule has 1 saturated heterocycles. The van der Waals surface area contributed by atoms with Gasteiger partial charge in [-0.2, -0.15) is 11.8 Å². The molecular weight excluding hydrogens is 312 g/mol. The Labute approximate surface area is 141 Å². The van der Waals surface area contributed by atoms with Crippen molar-refractivity contribution < 1.29 is 9.59 Å². The minimum absolute atomic E-state index is 0.00901. The van der Waals surface area contributed by atoms with Gasteiger partial charge in [0.15, 0.2) is 0 Å². The van der Waals surface area contributed by atoms with Crippen LogP contribution in [0.25, 0.3) is 0 Å². The van der Waals surface area contributed by atoms with Crippen molar-refractivity contribution in [2.24, 2.45) is 0 Å². The van der Waals surface area contributed by atoms with Gasteiger partial charge in [0.05, 0.1) is 5.25 Å². The number of piperazine rings is 1. The van der Waals surface area contributed by atoms with E-state index in [1.165, 1.54) is 11.8 Å². The highest BCUT2D eigenvalue weighted by molar-refractivity contribution is 7.99. The van der Waals surface area contributed by atoms with Gasteiger partial charge in [-0.05, 0) is 25.3 Å². The predicted octanol–water partition coefficient (Wildman–Crippen LogP) is 0.988. The molecule has 2 amide bonds. The molecule has 1 aliphatic rings. The third kappa shape index (κ3) is 5.13. The molecule has 1 aromatic heterocycles. The summed E-state index contributed by atoms with van der Waals surface area (Å²) in [4.78, 5) is 32.2. The van der Waals surface area contributed by atoms with E-state index < -0.39 is 0 Å². The Morgan fingerprint density at radius 3 is 2.65 bits per heavy atom. The van der Waals surface area contributed by atoms with Crippen LogP contribution in [0.2, 0.25) is 0 Å². The van der Waals surface area contributed by atoms with Gasteiger partial charge in [-0.25, -0.2) is 4.98 Å². The molecule has 2 heterocycles. The van der Waals surface area contributed by atoms with Gasteiger partial charge in [-0.3, -0.25) is 9.59 Å². The van der Waals surface area contributed by atoms with E-state index in [1.54, 1.807) is 6.20 Å². The molecule has 23 heavy (non-hydrogen) atoms. The maximum atomic E-state index is 12.2. The fraction of sp³-hybridized carbons (Fsp3) is 0.562. The van der Waals surface area contributed by atoms with Crippen molar-refractivity contribution in [1.82, 2.24) is 15.2 Å². The average molecular weight is 336 g/mol. The third-order valence-corrected chi connectivity index (χ3v) is 4.89. The molecule has 0 aromatic carbocycles. The zero-order valence-corrected chi connectivity index (χ0v) is 14.5. The quantitative estimate of drug-likeness (QED) is 0.839. The standard InChI is InChI=1S/C16H24N4O2S/c1-13(23-2)16(22)18-8-6-15(21)20-11-9-19(10-12-20)14-5-3-4-7-17-14/h3-5,7,13H,6,8-12H2,1-2H3,(H,18,22)/t13-/m1/s1. The molecule has 1 fully saturated rings. The normalized spacial score (nSPS) is 16.1. The minimum atomic E-state index is -0.0768. The number of aromatic nitrogens is 1. The number of nitrogens with one attached hydrogen (secondary N) is 1. The summed E-state index contributed by atoms with van der Waals surface area (Å²) in [6.45, 7) is 5.24. The summed E-state index contributed by atoms with van der Waals surface area (Å²) in [5.41, 5.74) is 0. The molecule has 0 spiro atoms. The van der Waals surface area contributed by atoms with Crippen LogP contribution < -0.4 is 10.2 Å². The van der Waals surface area contributed by atoms with Crippen LogP contribution in [-0.2, 0) is 9.59 Å². The molecule has 0 aliphatic carbocycles. The Hall–Kier alpha value is -1.76. The van der Waals surface area contributed by atoms with Gasteiger partial charge in [-0.15, -0.1) is 0 Å². The van der Waals surface area contributed by atoms with Crippen LogP contribution >= 0.6 is 11.8 Å². The maximum absolute atomic E-state index is 12.2. The van der Waals surface area contributed by atoms with Crippen LogP contribution in [-0.4, -0.2) is 65.9 Å². The van der Waals surface area contributed by atoms with E-state index in [0.29, 0.717) is 26.1 Å². The topological polar surface area (TPSA) is 65.5 Å². The van der Waals surface area contributed by atoms with Gasteiger partial charge in [0.1, 0.15) is 5.82 Å². The van der Waals surface area contributed by atoms with Crippen LogP contribution in [0.3, 0.4) is 0 Å². The molecule has 1 atom stereocenters. The number of rotatable bonds is 6. The number of thioether (sulfide) groups is 1. The second-order valence-corrected chi connectivity index (χ2v) is 6.65. The van der Waals surface area contributed by atoms with Crippen LogP contribution in [0.15, 0.2) is 24.4 Å². The predicted molar refractivity (Wildman–Crippen MR) is 93.6 cm³/mol. The lowest BCUT2D eigenvalue weighted by Gasteiger charge is -2.35. The summed E-state index contributed by atoms with van der Waals surface area (Å²) in [6.07, 6.45) is 4.04. The van der Waals surface area contributed by atoms with E-state index in [0.717, 1.165) is 18.9 Å². The van der Waals surface area contributed by atoms with Crippen molar-refractivity contribution in [2.75, 3.05) is 43.9 Å². The number of nitrogens with zero attached hydrogens (tertiary/aromatic N) is 3. The number of carbonyl (C=O) groups excluding carboxylic acids is 2. The fourth-order valence-electron chi connectivity index (χ4n) is 2.43. The van der Waals surface area contributed by atoms with Crippen molar-refractivity contribution in [3.05, 3.63) is 24.4 Å². The second-order valence-electron chi connectivity index (χ2n) is 5.47. The van der Waals surface area contributed by atoms with Crippen LogP contribution in [0.5, 0.6) is 0 Å². The molecule has 0 unspecified atom stereocenters. The first-order chi connectivity index (χ1) is 11.1. The van der Waals surface area contributed by atoms with Gasteiger partial charge < -0.3 is 15.1 Å². The molecule has 2 rings (SSSR count). The lowest BCUT2D eigenvalue weighted by Crippen LogP contribution is -2.49. The maximum Gasteiger partial charge on any atom is 0.232 e. The number of hydrogen-bond acceptors (Lipinski definition) is 5. The van der Waals surface area contributed by atoms with Gasteiger partial charge in [0, 0.05) is 45.3 Å². The van der Waals surface area contributed by atoms with Gasteiger partial charge in [-0.1, -0.05) is 6.07 Å².